The van der Waals surface area contributed by atoms with Crippen molar-refractivity contribution in [3.8, 4) is 11.8 Å². The van der Waals surface area contributed by atoms with Gasteiger partial charge in [0, 0.05) is 18.0 Å². The van der Waals surface area contributed by atoms with E-state index in [-0.39, 0.29) is 11.9 Å². The number of nitrogens with one attached hydrogen (secondary N) is 2. The van der Waals surface area contributed by atoms with Crippen LogP contribution in [0.1, 0.15) is 6.92 Å². The number of nitrogens with zero attached hydrogens (tertiary/aromatic N) is 2. The number of para-hydroxylation sites is 1. The van der Waals surface area contributed by atoms with E-state index in [1.165, 1.54) is 6.92 Å². The first kappa shape index (κ1) is 14.7. The lowest BCUT2D eigenvalue weighted by Gasteiger charge is -2.09. The van der Waals surface area contributed by atoms with Crippen LogP contribution >= 0.6 is 0 Å². The van der Waals surface area contributed by atoms with Gasteiger partial charge in [0.1, 0.15) is 5.75 Å². The molecule has 0 aliphatic rings. The summed E-state index contributed by atoms with van der Waals surface area (Å²) in [5.41, 5.74) is 3.96. The Bertz CT molecular complexity index is 849. The average Bonchev–Trinajstić information content (AvgIpc) is 2.55. The van der Waals surface area contributed by atoms with E-state index in [4.69, 9.17) is 10.6 Å². The average molecular weight is 309 g/mol. The zero-order chi connectivity index (χ0) is 16.2. The van der Waals surface area contributed by atoms with E-state index in [1.54, 1.807) is 24.3 Å². The molecular formula is C16H15N5O2. The molecule has 1 amide bonds. The molecule has 0 radical (unpaired) electrons. The van der Waals surface area contributed by atoms with Crippen molar-refractivity contribution < 1.29 is 9.53 Å². The summed E-state index contributed by atoms with van der Waals surface area (Å²) in [5.74, 6) is 6.42. The lowest BCUT2D eigenvalue weighted by Crippen LogP contribution is -2.10. The number of nitrogen functional groups attached to an aromatic ring is 1. The number of carbonyl (C=O) groups is 1. The molecule has 116 valence electrons. The van der Waals surface area contributed by atoms with Crippen molar-refractivity contribution in [2.24, 2.45) is 5.84 Å². The predicted molar refractivity (Wildman–Crippen MR) is 88.2 cm³/mol. The van der Waals surface area contributed by atoms with Crippen LogP contribution in [-0.4, -0.2) is 15.9 Å². The van der Waals surface area contributed by atoms with Crippen molar-refractivity contribution in [3.05, 3.63) is 48.5 Å². The molecule has 23 heavy (non-hydrogen) atoms. The fourth-order valence-electron chi connectivity index (χ4n) is 2.13. The van der Waals surface area contributed by atoms with Crippen LogP contribution in [0.5, 0.6) is 11.8 Å². The maximum absolute atomic E-state index is 11.0. The maximum atomic E-state index is 11.0. The molecule has 0 unspecified atom stereocenters. The van der Waals surface area contributed by atoms with Crippen LogP contribution in [0.2, 0.25) is 0 Å². The predicted octanol–water partition coefficient (Wildman–Crippen LogP) is 2.67. The van der Waals surface area contributed by atoms with Crippen molar-refractivity contribution in [2.75, 3.05) is 10.7 Å². The third-order valence-electron chi connectivity index (χ3n) is 3.10. The van der Waals surface area contributed by atoms with Crippen molar-refractivity contribution in [1.29, 1.82) is 0 Å². The zero-order valence-corrected chi connectivity index (χ0v) is 12.4. The molecule has 4 N–H and O–H groups in total. The summed E-state index contributed by atoms with van der Waals surface area (Å²) in [6.45, 7) is 1.45. The molecule has 0 aliphatic carbocycles. The molecule has 2 aromatic carbocycles. The molecule has 0 aliphatic heterocycles. The van der Waals surface area contributed by atoms with E-state index >= 15 is 0 Å². The first-order valence-corrected chi connectivity index (χ1v) is 6.94. The molecule has 7 heteroatoms. The molecule has 7 nitrogen and oxygen atoms in total. The Morgan fingerprint density at radius 1 is 1.09 bits per heavy atom. The number of amides is 1. The van der Waals surface area contributed by atoms with Gasteiger partial charge in [0.2, 0.25) is 5.91 Å². The second kappa shape index (κ2) is 6.29. The summed E-state index contributed by atoms with van der Waals surface area (Å²) in [5, 5.41) is 3.49. The van der Waals surface area contributed by atoms with Gasteiger partial charge in [-0.2, -0.15) is 9.97 Å². The van der Waals surface area contributed by atoms with E-state index in [0.29, 0.717) is 17.3 Å². The second-order valence-electron chi connectivity index (χ2n) is 4.82. The molecule has 0 saturated carbocycles. The fourth-order valence-corrected chi connectivity index (χ4v) is 2.13. The van der Waals surface area contributed by atoms with Crippen LogP contribution < -0.4 is 21.3 Å². The monoisotopic (exact) mass is 309 g/mol. The Morgan fingerprint density at radius 3 is 2.52 bits per heavy atom. The number of hydrogen-bond donors (Lipinski definition) is 3. The van der Waals surface area contributed by atoms with Crippen molar-refractivity contribution >= 4 is 28.3 Å². The minimum Gasteiger partial charge on any atom is -0.424 e. The Morgan fingerprint density at radius 2 is 1.83 bits per heavy atom. The zero-order valence-electron chi connectivity index (χ0n) is 12.4. The van der Waals surface area contributed by atoms with E-state index in [0.717, 1.165) is 10.9 Å². The molecule has 3 aromatic rings. The van der Waals surface area contributed by atoms with E-state index < -0.39 is 0 Å². The highest BCUT2D eigenvalue weighted by molar-refractivity contribution is 5.89. The Hall–Kier alpha value is -3.19. The minimum absolute atomic E-state index is 0.129. The van der Waals surface area contributed by atoms with E-state index in [1.807, 2.05) is 24.3 Å². The Labute approximate surface area is 132 Å². The highest BCUT2D eigenvalue weighted by atomic mass is 16.5. The maximum Gasteiger partial charge on any atom is 0.324 e. The minimum atomic E-state index is -0.129. The number of carbonyl (C=O) groups excluding carboxylic acids is 1. The van der Waals surface area contributed by atoms with Crippen molar-refractivity contribution in [1.82, 2.24) is 9.97 Å². The quantitative estimate of drug-likeness (QED) is 0.506. The molecule has 0 atom stereocenters. The number of aromatic nitrogens is 2. The van der Waals surface area contributed by atoms with Crippen molar-refractivity contribution in [2.45, 2.75) is 6.92 Å². The molecular weight excluding hydrogens is 294 g/mol. The topological polar surface area (TPSA) is 102 Å². The first-order valence-electron chi connectivity index (χ1n) is 6.94. The van der Waals surface area contributed by atoms with Crippen molar-refractivity contribution in [3.63, 3.8) is 0 Å². The summed E-state index contributed by atoms with van der Waals surface area (Å²) in [6.07, 6.45) is 0. The number of rotatable bonds is 4. The number of anilines is 2. The Kier molecular flexibility index (Phi) is 4.03. The van der Waals surface area contributed by atoms with Gasteiger partial charge < -0.3 is 15.5 Å². The number of ether oxygens (including phenoxy) is 1. The smallest absolute Gasteiger partial charge is 0.324 e. The van der Waals surface area contributed by atoms with Gasteiger partial charge in [0.15, 0.2) is 5.82 Å². The molecule has 1 heterocycles. The van der Waals surface area contributed by atoms with E-state index in [9.17, 15) is 4.79 Å². The van der Waals surface area contributed by atoms with Crippen LogP contribution in [0, 0.1) is 0 Å². The number of hydrogen-bond acceptors (Lipinski definition) is 6. The van der Waals surface area contributed by atoms with Crippen LogP contribution in [0.4, 0.5) is 11.5 Å². The van der Waals surface area contributed by atoms with Gasteiger partial charge in [0.05, 0.1) is 5.52 Å². The largest absolute Gasteiger partial charge is 0.424 e. The molecule has 0 spiro atoms. The lowest BCUT2D eigenvalue weighted by atomic mass is 10.2. The van der Waals surface area contributed by atoms with Gasteiger partial charge in [-0.05, 0) is 36.4 Å². The normalized spacial score (nSPS) is 10.3. The van der Waals surface area contributed by atoms with Crippen LogP contribution in [0.25, 0.3) is 10.9 Å². The molecule has 3 rings (SSSR count). The SMILES string of the molecule is CC(=O)Nc1ccc(Oc2nc(NN)c3ccccc3n2)cc1. The highest BCUT2D eigenvalue weighted by Gasteiger charge is 2.08. The molecule has 1 aromatic heterocycles. The number of nitrogens with two attached hydrogens (primary N) is 1. The van der Waals surface area contributed by atoms with Gasteiger partial charge in [0.25, 0.3) is 0 Å². The van der Waals surface area contributed by atoms with Gasteiger partial charge in [-0.1, -0.05) is 12.1 Å². The van der Waals surface area contributed by atoms with Gasteiger partial charge in [-0.3, -0.25) is 4.79 Å². The van der Waals surface area contributed by atoms with E-state index in [2.05, 4.69) is 20.7 Å². The fraction of sp³-hybridized carbons (Fsp3) is 0.0625. The lowest BCUT2D eigenvalue weighted by molar-refractivity contribution is -0.114. The first-order chi connectivity index (χ1) is 11.2. The second-order valence-corrected chi connectivity index (χ2v) is 4.82. The molecule has 0 fully saturated rings. The third-order valence-corrected chi connectivity index (χ3v) is 3.10. The number of benzene rings is 2. The van der Waals surface area contributed by atoms with Crippen LogP contribution in [0.3, 0.4) is 0 Å². The van der Waals surface area contributed by atoms with Crippen LogP contribution in [-0.2, 0) is 4.79 Å². The van der Waals surface area contributed by atoms with Gasteiger partial charge >= 0.3 is 6.01 Å². The number of hydrazine groups is 1. The summed E-state index contributed by atoms with van der Waals surface area (Å²) >= 11 is 0. The summed E-state index contributed by atoms with van der Waals surface area (Å²) in [6, 6.07) is 14.6. The van der Waals surface area contributed by atoms with Gasteiger partial charge in [-0.25, -0.2) is 5.84 Å². The number of fused-ring (bicyclic) bond motifs is 1. The third kappa shape index (κ3) is 3.35. The molecule has 0 bridgehead atoms. The van der Waals surface area contributed by atoms with Gasteiger partial charge in [-0.15, -0.1) is 0 Å². The Balaban J connectivity index is 1.87. The van der Waals surface area contributed by atoms with Crippen LogP contribution in [0.15, 0.2) is 48.5 Å². The molecule has 0 saturated heterocycles. The highest BCUT2D eigenvalue weighted by Crippen LogP contribution is 2.25. The summed E-state index contributed by atoms with van der Waals surface area (Å²) < 4.78 is 5.66. The summed E-state index contributed by atoms with van der Waals surface area (Å²) in [7, 11) is 0. The summed E-state index contributed by atoms with van der Waals surface area (Å²) in [4.78, 5) is 19.6. The standard InChI is InChI=1S/C16H15N5O2/c1-10(22)18-11-6-8-12(9-7-11)23-16-19-14-5-3-2-4-13(14)15(20-16)21-17/h2-9H,17H2,1H3,(H,18,22)(H,19,20,21).